The number of piperazine rings is 1. The first kappa shape index (κ1) is 26.1. The van der Waals surface area contributed by atoms with Crippen LogP contribution in [0.1, 0.15) is 37.9 Å². The lowest BCUT2D eigenvalue weighted by Crippen LogP contribution is -2.64. The predicted molar refractivity (Wildman–Crippen MR) is 151 cm³/mol. The minimum atomic E-state index is -0.726. The number of nitrogens with one attached hydrogen (secondary N) is 1. The standard InChI is InChI=1S/C30H30F2N6O2/c1-15(2)23-25(16(3)10-11-33-23)38-28-19(12-21(32)24(35-28)18-8-6-7-9-20(18)31)26-27(30(38)40)36(5)29(39)22-13-34-17(4)14-37(22)26/h6-12,15,17,22,34H,13-14H2,1-5H3/t17-,22-/m1/s1. The third kappa shape index (κ3) is 3.81. The van der Waals surface area contributed by atoms with Crippen LogP contribution in [0.4, 0.5) is 20.2 Å². The molecule has 40 heavy (non-hydrogen) atoms. The van der Waals surface area contributed by atoms with E-state index in [-0.39, 0.29) is 40.5 Å². The Bertz CT molecular complexity index is 1750. The van der Waals surface area contributed by atoms with Crippen LogP contribution in [0.3, 0.4) is 0 Å². The molecule has 8 nitrogen and oxygen atoms in total. The second-order valence-corrected chi connectivity index (χ2v) is 10.9. The Morgan fingerprint density at radius 2 is 1.80 bits per heavy atom. The number of hydrogen-bond donors (Lipinski definition) is 1. The Morgan fingerprint density at radius 1 is 1.05 bits per heavy atom. The quantitative estimate of drug-likeness (QED) is 0.414. The van der Waals surface area contributed by atoms with Crippen LogP contribution in [0.25, 0.3) is 28.0 Å². The van der Waals surface area contributed by atoms with E-state index in [9.17, 15) is 14.0 Å². The van der Waals surface area contributed by atoms with E-state index in [0.29, 0.717) is 35.5 Å². The maximum atomic E-state index is 15.9. The Labute approximate surface area is 230 Å². The fourth-order valence-electron chi connectivity index (χ4n) is 5.89. The first-order valence-electron chi connectivity index (χ1n) is 13.4. The van der Waals surface area contributed by atoms with Gasteiger partial charge in [-0.1, -0.05) is 26.0 Å². The molecule has 0 radical (unpaired) electrons. The fourth-order valence-corrected chi connectivity index (χ4v) is 5.89. The van der Waals surface area contributed by atoms with Crippen molar-refractivity contribution in [3.8, 4) is 16.9 Å². The van der Waals surface area contributed by atoms with Gasteiger partial charge in [-0.2, -0.15) is 0 Å². The number of halogens is 2. The van der Waals surface area contributed by atoms with Gasteiger partial charge in [0.05, 0.1) is 17.1 Å². The van der Waals surface area contributed by atoms with E-state index in [2.05, 4.69) is 15.3 Å². The molecule has 0 spiro atoms. The second kappa shape index (κ2) is 9.48. The Kier molecular flexibility index (Phi) is 6.18. The van der Waals surface area contributed by atoms with Gasteiger partial charge < -0.3 is 15.1 Å². The van der Waals surface area contributed by atoms with Crippen LogP contribution >= 0.6 is 0 Å². The summed E-state index contributed by atoms with van der Waals surface area (Å²) in [5.41, 5.74) is 2.04. The highest BCUT2D eigenvalue weighted by molar-refractivity contribution is 6.11. The number of nitrogens with zero attached hydrogens (tertiary/aromatic N) is 5. The van der Waals surface area contributed by atoms with Gasteiger partial charge >= 0.3 is 0 Å². The van der Waals surface area contributed by atoms with Gasteiger partial charge in [0.25, 0.3) is 11.5 Å². The Balaban J connectivity index is 1.80. The van der Waals surface area contributed by atoms with Crippen molar-refractivity contribution >= 4 is 28.3 Å². The van der Waals surface area contributed by atoms with Gasteiger partial charge in [0.1, 0.15) is 29.1 Å². The summed E-state index contributed by atoms with van der Waals surface area (Å²) in [5, 5.41) is 3.69. The summed E-state index contributed by atoms with van der Waals surface area (Å²) in [6.45, 7) is 8.62. The zero-order valence-corrected chi connectivity index (χ0v) is 23.0. The maximum absolute atomic E-state index is 15.9. The van der Waals surface area contributed by atoms with Crippen LogP contribution in [-0.2, 0) is 4.79 Å². The topological polar surface area (TPSA) is 83.4 Å². The molecule has 5 heterocycles. The Hall–Kier alpha value is -4.18. The number of likely N-dealkylation sites (N-methyl/N-ethyl adjacent to an activating group) is 1. The Morgan fingerprint density at radius 3 is 2.52 bits per heavy atom. The SMILES string of the molecule is Cc1ccnc(C(C)C)c1-n1c(=O)c2c(c3cc(F)c(-c4ccccc4F)nc31)N1C[C@@H](C)NC[C@@H]1C(=O)N2C. The number of aryl methyl sites for hydroxylation is 1. The van der Waals surface area contributed by atoms with E-state index in [0.717, 1.165) is 5.56 Å². The molecule has 2 aliphatic heterocycles. The monoisotopic (exact) mass is 544 g/mol. The second-order valence-electron chi connectivity index (χ2n) is 10.9. The molecule has 1 amide bonds. The van der Waals surface area contributed by atoms with Gasteiger partial charge in [-0.15, -0.1) is 0 Å². The van der Waals surface area contributed by atoms with Crippen LogP contribution in [0.15, 0.2) is 47.4 Å². The molecule has 10 heteroatoms. The summed E-state index contributed by atoms with van der Waals surface area (Å²) in [6.07, 6.45) is 1.68. The van der Waals surface area contributed by atoms with Crippen molar-refractivity contribution in [3.05, 3.63) is 75.8 Å². The highest BCUT2D eigenvalue weighted by atomic mass is 19.1. The largest absolute Gasteiger partial charge is 0.354 e. The van der Waals surface area contributed by atoms with Crippen molar-refractivity contribution in [2.75, 3.05) is 29.9 Å². The van der Waals surface area contributed by atoms with Gasteiger partial charge in [-0.25, -0.2) is 13.8 Å². The van der Waals surface area contributed by atoms with Crippen LogP contribution in [0.5, 0.6) is 0 Å². The molecule has 0 unspecified atom stereocenters. The summed E-state index contributed by atoms with van der Waals surface area (Å²) >= 11 is 0. The maximum Gasteiger partial charge on any atom is 0.283 e. The average molecular weight is 545 g/mol. The number of benzene rings is 1. The van der Waals surface area contributed by atoms with E-state index in [1.54, 1.807) is 25.4 Å². The van der Waals surface area contributed by atoms with Crippen molar-refractivity contribution in [1.82, 2.24) is 19.9 Å². The number of fused-ring (bicyclic) bond motifs is 5. The highest BCUT2D eigenvalue weighted by Crippen LogP contribution is 2.42. The van der Waals surface area contributed by atoms with Gasteiger partial charge in [0.2, 0.25) is 0 Å². The number of anilines is 2. The first-order valence-corrected chi connectivity index (χ1v) is 13.4. The molecule has 1 aromatic carbocycles. The molecule has 0 saturated carbocycles. The summed E-state index contributed by atoms with van der Waals surface area (Å²) < 4.78 is 32.2. The lowest BCUT2D eigenvalue weighted by atomic mass is 9.99. The van der Waals surface area contributed by atoms with Crippen LogP contribution < -0.4 is 20.7 Å². The molecule has 6 rings (SSSR count). The van der Waals surface area contributed by atoms with Crippen LogP contribution in [0.2, 0.25) is 0 Å². The molecule has 2 atom stereocenters. The summed E-state index contributed by atoms with van der Waals surface area (Å²) in [7, 11) is 1.57. The molecule has 3 aromatic heterocycles. The normalized spacial score (nSPS) is 18.9. The summed E-state index contributed by atoms with van der Waals surface area (Å²) in [5.74, 6) is -1.63. The summed E-state index contributed by atoms with van der Waals surface area (Å²) in [4.78, 5) is 40.6. The zero-order chi connectivity index (χ0) is 28.5. The average Bonchev–Trinajstić information content (AvgIpc) is 2.92. The first-order chi connectivity index (χ1) is 19.1. The lowest BCUT2D eigenvalue weighted by molar-refractivity contribution is -0.120. The highest BCUT2D eigenvalue weighted by Gasteiger charge is 2.43. The van der Waals surface area contributed by atoms with Crippen LogP contribution in [-0.4, -0.2) is 52.7 Å². The number of aromatic nitrogens is 3. The van der Waals surface area contributed by atoms with Gasteiger partial charge in [-0.3, -0.25) is 19.1 Å². The van der Waals surface area contributed by atoms with Crippen molar-refractivity contribution in [3.63, 3.8) is 0 Å². The minimum absolute atomic E-state index is 0.00780. The van der Waals surface area contributed by atoms with Crippen molar-refractivity contribution < 1.29 is 13.6 Å². The van der Waals surface area contributed by atoms with E-state index in [1.165, 1.54) is 33.7 Å². The van der Waals surface area contributed by atoms with Gasteiger partial charge in [0, 0.05) is 43.3 Å². The predicted octanol–water partition coefficient (Wildman–Crippen LogP) is 4.30. The van der Waals surface area contributed by atoms with Gasteiger partial charge in [0.15, 0.2) is 5.65 Å². The molecule has 1 N–H and O–H groups in total. The number of pyridine rings is 3. The number of amides is 1. The minimum Gasteiger partial charge on any atom is -0.354 e. The number of carbonyl (C=O) groups excluding carboxylic acids is 1. The molecule has 0 bridgehead atoms. The molecule has 206 valence electrons. The lowest BCUT2D eigenvalue weighted by Gasteiger charge is -2.46. The fraction of sp³-hybridized carbons (Fsp3) is 0.333. The number of rotatable bonds is 3. The number of carbonyl (C=O) groups is 1. The zero-order valence-electron chi connectivity index (χ0n) is 23.0. The molecule has 0 aliphatic carbocycles. The molecular formula is C30H30F2N6O2. The van der Waals surface area contributed by atoms with E-state index in [1.807, 2.05) is 32.6 Å². The van der Waals surface area contributed by atoms with E-state index in [4.69, 9.17) is 0 Å². The van der Waals surface area contributed by atoms with Crippen molar-refractivity contribution in [1.29, 1.82) is 0 Å². The molecule has 1 fully saturated rings. The number of hydrogen-bond acceptors (Lipinski definition) is 6. The third-order valence-electron chi connectivity index (χ3n) is 7.85. The summed E-state index contributed by atoms with van der Waals surface area (Å²) in [6, 6.07) is 8.42. The van der Waals surface area contributed by atoms with Gasteiger partial charge in [-0.05, 0) is 49.6 Å². The molecular weight excluding hydrogens is 514 g/mol. The van der Waals surface area contributed by atoms with Crippen molar-refractivity contribution in [2.24, 2.45) is 0 Å². The van der Waals surface area contributed by atoms with E-state index >= 15 is 4.39 Å². The molecule has 1 saturated heterocycles. The molecule has 4 aromatic rings. The van der Waals surface area contributed by atoms with E-state index < -0.39 is 23.2 Å². The van der Waals surface area contributed by atoms with Crippen molar-refractivity contribution in [2.45, 2.75) is 45.7 Å². The van der Waals surface area contributed by atoms with Crippen LogP contribution in [0, 0.1) is 18.6 Å². The third-order valence-corrected chi connectivity index (χ3v) is 7.85. The molecule has 2 aliphatic rings. The smallest absolute Gasteiger partial charge is 0.283 e.